The molecule has 5 nitrogen and oxygen atoms in total. The number of nitrogens with zero attached hydrogens (tertiary/aromatic N) is 1. The number of rotatable bonds is 2. The van der Waals surface area contributed by atoms with E-state index in [2.05, 4.69) is 4.74 Å². The zero-order chi connectivity index (χ0) is 15.4. The third-order valence-corrected chi connectivity index (χ3v) is 3.78. The van der Waals surface area contributed by atoms with Crippen LogP contribution in [0.1, 0.15) is 28.8 Å². The predicted molar refractivity (Wildman–Crippen MR) is 76.8 cm³/mol. The van der Waals surface area contributed by atoms with Gasteiger partial charge in [0.25, 0.3) is 5.91 Å². The Hall–Kier alpha value is -2.17. The average molecular weight is 289 g/mol. The second-order valence-corrected chi connectivity index (χ2v) is 5.24. The smallest absolute Gasteiger partial charge is 0.316 e. The molecule has 1 aliphatic rings. The summed E-state index contributed by atoms with van der Waals surface area (Å²) in [5.74, 6) is -1.51. The third-order valence-electron chi connectivity index (χ3n) is 3.78. The monoisotopic (exact) mass is 289 g/mol. The van der Waals surface area contributed by atoms with E-state index >= 15 is 0 Å². The fourth-order valence-electron chi connectivity index (χ4n) is 2.45. The van der Waals surface area contributed by atoms with E-state index in [0.717, 1.165) is 5.56 Å². The van der Waals surface area contributed by atoms with Crippen molar-refractivity contribution in [3.8, 4) is 0 Å². The molecular weight excluding hydrogens is 270 g/mol. The van der Waals surface area contributed by atoms with Crippen LogP contribution in [-0.2, 0) is 14.3 Å². The van der Waals surface area contributed by atoms with E-state index in [1.165, 1.54) is 7.11 Å². The Bertz CT molecular complexity index is 550. The molecule has 1 aliphatic heterocycles. The van der Waals surface area contributed by atoms with Gasteiger partial charge in [0.1, 0.15) is 11.7 Å². The van der Waals surface area contributed by atoms with E-state index in [1.807, 2.05) is 19.1 Å². The Morgan fingerprint density at radius 1 is 1.19 bits per heavy atom. The summed E-state index contributed by atoms with van der Waals surface area (Å²) in [6.45, 7) is 2.69. The summed E-state index contributed by atoms with van der Waals surface area (Å²) < 4.78 is 4.65. The fraction of sp³-hybridized carbons (Fsp3) is 0.438. The maximum atomic E-state index is 12.4. The van der Waals surface area contributed by atoms with Crippen LogP contribution in [0.4, 0.5) is 0 Å². The Morgan fingerprint density at radius 2 is 1.86 bits per heavy atom. The average Bonchev–Trinajstić information content (AvgIpc) is 2.68. The van der Waals surface area contributed by atoms with Crippen molar-refractivity contribution < 1.29 is 19.1 Å². The second kappa shape index (κ2) is 6.52. The van der Waals surface area contributed by atoms with Crippen LogP contribution >= 0.6 is 0 Å². The van der Waals surface area contributed by atoms with Gasteiger partial charge in [0.2, 0.25) is 0 Å². The quantitative estimate of drug-likeness (QED) is 0.612. The molecule has 1 atom stereocenters. The number of aryl methyl sites for hydroxylation is 1. The molecule has 1 aromatic rings. The topological polar surface area (TPSA) is 63.7 Å². The predicted octanol–water partition coefficient (Wildman–Crippen LogP) is 1.59. The highest BCUT2D eigenvalue weighted by molar-refractivity contribution is 6.00. The van der Waals surface area contributed by atoms with E-state index in [0.29, 0.717) is 25.1 Å². The molecule has 5 heteroatoms. The number of hydrogen-bond acceptors (Lipinski definition) is 4. The molecule has 0 saturated carbocycles. The molecule has 1 fully saturated rings. The van der Waals surface area contributed by atoms with Crippen LogP contribution in [0.15, 0.2) is 24.3 Å². The summed E-state index contributed by atoms with van der Waals surface area (Å²) in [6.07, 6.45) is 0.514. The highest BCUT2D eigenvalue weighted by atomic mass is 16.5. The lowest BCUT2D eigenvalue weighted by Crippen LogP contribution is -2.32. The Balaban J connectivity index is 2.08. The van der Waals surface area contributed by atoms with Gasteiger partial charge in [-0.2, -0.15) is 0 Å². The SMILES string of the molecule is COC(=O)C1CCN(C(=O)c2ccc(C)cc2)CCC1=O. The second-order valence-electron chi connectivity index (χ2n) is 5.24. The lowest BCUT2D eigenvalue weighted by Gasteiger charge is -2.20. The van der Waals surface area contributed by atoms with Crippen LogP contribution in [0, 0.1) is 12.8 Å². The lowest BCUT2D eigenvalue weighted by atomic mass is 10.00. The molecule has 2 rings (SSSR count). The molecule has 112 valence electrons. The van der Waals surface area contributed by atoms with Crippen molar-refractivity contribution in [1.82, 2.24) is 4.90 Å². The maximum absolute atomic E-state index is 12.4. The number of ether oxygens (including phenoxy) is 1. The van der Waals surface area contributed by atoms with Crippen molar-refractivity contribution >= 4 is 17.7 Å². The summed E-state index contributed by atoms with van der Waals surface area (Å²) in [5, 5.41) is 0. The first-order chi connectivity index (χ1) is 10.0. The standard InChI is InChI=1S/C16H19NO4/c1-11-3-5-12(6-4-11)15(19)17-9-7-13(16(20)21-2)14(18)8-10-17/h3-6,13H,7-10H2,1-2H3. The fourth-order valence-corrected chi connectivity index (χ4v) is 2.45. The van der Waals surface area contributed by atoms with Gasteiger partial charge in [0.15, 0.2) is 0 Å². The summed E-state index contributed by atoms with van der Waals surface area (Å²) >= 11 is 0. The Kier molecular flexibility index (Phi) is 4.73. The number of carbonyl (C=O) groups excluding carboxylic acids is 3. The number of Topliss-reactive ketones (excluding diaryl/α,β-unsaturated/α-hetero) is 1. The van der Waals surface area contributed by atoms with Gasteiger partial charge in [-0.15, -0.1) is 0 Å². The van der Waals surface area contributed by atoms with Gasteiger partial charge in [-0.3, -0.25) is 14.4 Å². The van der Waals surface area contributed by atoms with Crippen molar-refractivity contribution in [3.63, 3.8) is 0 Å². The number of likely N-dealkylation sites (tertiary alicyclic amines) is 1. The summed E-state index contributed by atoms with van der Waals surface area (Å²) in [7, 11) is 1.27. The van der Waals surface area contributed by atoms with E-state index in [4.69, 9.17) is 0 Å². The van der Waals surface area contributed by atoms with Gasteiger partial charge >= 0.3 is 5.97 Å². The molecule has 0 bridgehead atoms. The highest BCUT2D eigenvalue weighted by Gasteiger charge is 2.32. The van der Waals surface area contributed by atoms with Crippen molar-refractivity contribution in [2.24, 2.45) is 5.92 Å². The minimum absolute atomic E-state index is 0.103. The van der Waals surface area contributed by atoms with E-state index in [1.54, 1.807) is 17.0 Å². The number of ketones is 1. The van der Waals surface area contributed by atoms with E-state index in [-0.39, 0.29) is 18.1 Å². The molecule has 0 aromatic heterocycles. The normalized spacial score (nSPS) is 19.0. The largest absolute Gasteiger partial charge is 0.468 e. The molecule has 1 aromatic carbocycles. The molecule has 1 unspecified atom stereocenters. The number of carbonyl (C=O) groups is 3. The number of methoxy groups -OCH3 is 1. The van der Waals surface area contributed by atoms with Crippen LogP contribution in [-0.4, -0.2) is 42.8 Å². The van der Waals surface area contributed by atoms with E-state index in [9.17, 15) is 14.4 Å². The van der Waals surface area contributed by atoms with E-state index < -0.39 is 11.9 Å². The molecule has 1 saturated heterocycles. The van der Waals surface area contributed by atoms with Crippen LogP contribution in [0.5, 0.6) is 0 Å². The van der Waals surface area contributed by atoms with Gasteiger partial charge in [-0.1, -0.05) is 17.7 Å². The first-order valence-electron chi connectivity index (χ1n) is 6.99. The van der Waals surface area contributed by atoms with Crippen molar-refractivity contribution in [3.05, 3.63) is 35.4 Å². The molecule has 1 amide bonds. The number of benzene rings is 1. The molecule has 0 aliphatic carbocycles. The van der Waals surface area contributed by atoms with Crippen LogP contribution in [0.3, 0.4) is 0 Å². The maximum Gasteiger partial charge on any atom is 0.316 e. The molecule has 0 radical (unpaired) electrons. The summed E-state index contributed by atoms with van der Waals surface area (Å²) in [6, 6.07) is 7.32. The van der Waals surface area contributed by atoms with Crippen LogP contribution in [0.25, 0.3) is 0 Å². The first-order valence-corrected chi connectivity index (χ1v) is 6.99. The number of esters is 1. The summed E-state index contributed by atoms with van der Waals surface area (Å²) in [4.78, 5) is 37.5. The molecule has 0 spiro atoms. The lowest BCUT2D eigenvalue weighted by molar-refractivity contribution is -0.149. The van der Waals surface area contributed by atoms with Crippen LogP contribution < -0.4 is 0 Å². The Labute approximate surface area is 123 Å². The zero-order valence-corrected chi connectivity index (χ0v) is 12.3. The number of amides is 1. The Morgan fingerprint density at radius 3 is 2.48 bits per heavy atom. The number of hydrogen-bond donors (Lipinski definition) is 0. The molecular formula is C16H19NO4. The van der Waals surface area contributed by atoms with Crippen molar-refractivity contribution in [2.75, 3.05) is 20.2 Å². The third kappa shape index (κ3) is 3.48. The van der Waals surface area contributed by atoms with Gasteiger partial charge in [0, 0.05) is 25.1 Å². The van der Waals surface area contributed by atoms with Gasteiger partial charge < -0.3 is 9.64 Å². The highest BCUT2D eigenvalue weighted by Crippen LogP contribution is 2.18. The van der Waals surface area contributed by atoms with Crippen LogP contribution in [0.2, 0.25) is 0 Å². The zero-order valence-electron chi connectivity index (χ0n) is 12.3. The van der Waals surface area contributed by atoms with Gasteiger partial charge in [-0.05, 0) is 25.5 Å². The molecule has 21 heavy (non-hydrogen) atoms. The van der Waals surface area contributed by atoms with Gasteiger partial charge in [-0.25, -0.2) is 0 Å². The van der Waals surface area contributed by atoms with Crippen molar-refractivity contribution in [2.45, 2.75) is 19.8 Å². The minimum Gasteiger partial charge on any atom is -0.468 e. The first kappa shape index (κ1) is 15.2. The minimum atomic E-state index is -0.745. The van der Waals surface area contributed by atoms with Crippen molar-refractivity contribution in [1.29, 1.82) is 0 Å². The molecule has 0 N–H and O–H groups in total. The summed E-state index contributed by atoms with van der Waals surface area (Å²) in [5.41, 5.74) is 1.69. The van der Waals surface area contributed by atoms with Gasteiger partial charge in [0.05, 0.1) is 7.11 Å². The molecule has 1 heterocycles.